The van der Waals surface area contributed by atoms with Gasteiger partial charge < -0.3 is 10.5 Å². The Kier molecular flexibility index (Phi) is 4.04. The van der Waals surface area contributed by atoms with E-state index >= 15 is 0 Å². The van der Waals surface area contributed by atoms with Gasteiger partial charge in [-0.15, -0.1) is 0 Å². The van der Waals surface area contributed by atoms with E-state index < -0.39 is 4.75 Å². The second-order valence-electron chi connectivity index (χ2n) is 6.74. The fourth-order valence-corrected chi connectivity index (χ4v) is 5.06. The molecule has 0 unspecified atom stereocenters. The van der Waals surface area contributed by atoms with Crippen LogP contribution in [0.4, 0.5) is 4.39 Å². The van der Waals surface area contributed by atoms with Crippen LogP contribution < -0.4 is 5.73 Å². The van der Waals surface area contributed by atoms with Crippen molar-refractivity contribution in [3.05, 3.63) is 53.6 Å². The van der Waals surface area contributed by atoms with E-state index in [9.17, 15) is 4.39 Å². The minimum absolute atomic E-state index is 0.0213. The topological polar surface area (TPSA) is 60.5 Å². The molecule has 1 saturated heterocycles. The highest BCUT2D eigenvalue weighted by Gasteiger charge is 2.53. The number of hydrogen-bond acceptors (Lipinski definition) is 5. The lowest BCUT2D eigenvalue weighted by molar-refractivity contribution is 0.107. The van der Waals surface area contributed by atoms with Gasteiger partial charge >= 0.3 is 0 Å². The van der Waals surface area contributed by atoms with Gasteiger partial charge in [0.2, 0.25) is 0 Å². The van der Waals surface area contributed by atoms with E-state index in [1.807, 2.05) is 26.1 Å². The summed E-state index contributed by atoms with van der Waals surface area (Å²) in [4.78, 5) is 8.61. The zero-order chi connectivity index (χ0) is 17.6. The molecule has 0 radical (unpaired) electrons. The molecule has 3 heterocycles. The Bertz CT molecular complexity index is 856. The van der Waals surface area contributed by atoms with Crippen molar-refractivity contribution >= 4 is 16.9 Å². The Morgan fingerprint density at radius 3 is 2.92 bits per heavy atom. The molecule has 2 aliphatic heterocycles. The summed E-state index contributed by atoms with van der Waals surface area (Å²) in [7, 11) is 0. The third kappa shape index (κ3) is 2.73. The lowest BCUT2D eigenvalue weighted by atomic mass is 9.83. The van der Waals surface area contributed by atoms with Gasteiger partial charge in [-0.1, -0.05) is 17.8 Å². The molecule has 0 amide bonds. The maximum Gasteiger partial charge on any atom is 0.154 e. The van der Waals surface area contributed by atoms with Crippen molar-refractivity contribution in [3.8, 4) is 11.1 Å². The van der Waals surface area contributed by atoms with Crippen molar-refractivity contribution < 1.29 is 9.13 Å². The Balaban J connectivity index is 1.84. The number of rotatable bonds is 2. The van der Waals surface area contributed by atoms with Crippen molar-refractivity contribution in [1.82, 2.24) is 4.98 Å². The largest absolute Gasteiger partial charge is 0.379 e. The number of pyridine rings is 1. The number of benzene rings is 1. The fraction of sp³-hybridized carbons (Fsp3) is 0.368. The quantitative estimate of drug-likeness (QED) is 0.894. The van der Waals surface area contributed by atoms with Crippen LogP contribution in [0.25, 0.3) is 11.1 Å². The van der Waals surface area contributed by atoms with Crippen LogP contribution in [0.5, 0.6) is 0 Å². The number of aryl methyl sites for hydroxylation is 1. The second-order valence-corrected chi connectivity index (χ2v) is 8.09. The number of aliphatic imine (C=N–C) groups is 1. The lowest BCUT2D eigenvalue weighted by Gasteiger charge is -2.37. The van der Waals surface area contributed by atoms with Crippen molar-refractivity contribution in [3.63, 3.8) is 0 Å². The molecular formula is C19H20FN3OS. The summed E-state index contributed by atoms with van der Waals surface area (Å²) >= 11 is 1.43. The zero-order valence-electron chi connectivity index (χ0n) is 14.2. The Hall–Kier alpha value is -1.92. The molecule has 0 aliphatic carbocycles. The normalized spacial score (nSPS) is 28.5. The molecule has 3 atom stereocenters. The molecule has 0 bridgehead atoms. The molecule has 2 aliphatic rings. The van der Waals surface area contributed by atoms with E-state index in [1.54, 1.807) is 12.3 Å². The summed E-state index contributed by atoms with van der Waals surface area (Å²) < 4.78 is 20.2. The van der Waals surface area contributed by atoms with Crippen molar-refractivity contribution in [2.75, 3.05) is 13.2 Å². The molecule has 130 valence electrons. The van der Waals surface area contributed by atoms with Gasteiger partial charge in [0.1, 0.15) is 5.82 Å². The number of ether oxygens (including phenoxy) is 1. The van der Waals surface area contributed by atoms with E-state index in [0.717, 1.165) is 16.7 Å². The van der Waals surface area contributed by atoms with Crippen LogP contribution >= 0.6 is 11.8 Å². The number of halogens is 1. The van der Waals surface area contributed by atoms with Crippen LogP contribution in [0.15, 0.2) is 41.7 Å². The molecule has 4 nitrogen and oxygen atoms in total. The third-order valence-electron chi connectivity index (χ3n) is 5.09. The number of aromatic nitrogens is 1. The second kappa shape index (κ2) is 6.11. The van der Waals surface area contributed by atoms with E-state index in [1.165, 1.54) is 17.8 Å². The van der Waals surface area contributed by atoms with E-state index in [-0.39, 0.29) is 17.8 Å². The van der Waals surface area contributed by atoms with Crippen molar-refractivity contribution in [2.45, 2.75) is 24.7 Å². The predicted octanol–water partition coefficient (Wildman–Crippen LogP) is 3.49. The summed E-state index contributed by atoms with van der Waals surface area (Å²) in [5, 5.41) is 0.496. The molecule has 25 heavy (non-hydrogen) atoms. The average molecular weight is 357 g/mol. The smallest absolute Gasteiger partial charge is 0.154 e. The standard InChI is InChI=1S/C19H20FN3OS/c1-11-5-14(8-22-7-11)13-3-4-17(20)15(6-13)19-10-24-12(2)16(19)9-23-18(21)25-19/h3-8,12,16H,9-10H2,1-2H3,(H2,21,23)/t12-,16+,19-/m1/s1. The Morgan fingerprint density at radius 2 is 2.12 bits per heavy atom. The first-order valence-corrected chi connectivity index (χ1v) is 9.14. The lowest BCUT2D eigenvalue weighted by Crippen LogP contribution is -2.41. The van der Waals surface area contributed by atoms with Gasteiger partial charge in [0, 0.05) is 36.0 Å². The Morgan fingerprint density at radius 1 is 1.28 bits per heavy atom. The highest BCUT2D eigenvalue weighted by molar-refractivity contribution is 8.14. The fourth-order valence-electron chi connectivity index (χ4n) is 3.74. The van der Waals surface area contributed by atoms with Crippen LogP contribution in [0.3, 0.4) is 0 Å². The molecule has 2 N–H and O–H groups in total. The molecule has 6 heteroatoms. The number of nitrogens with zero attached hydrogens (tertiary/aromatic N) is 2. The van der Waals surface area contributed by atoms with E-state index in [2.05, 4.69) is 16.0 Å². The zero-order valence-corrected chi connectivity index (χ0v) is 15.0. The minimum Gasteiger partial charge on any atom is -0.379 e. The van der Waals surface area contributed by atoms with E-state index in [0.29, 0.717) is 23.9 Å². The highest BCUT2D eigenvalue weighted by atomic mass is 32.2. The monoisotopic (exact) mass is 357 g/mol. The van der Waals surface area contributed by atoms with Crippen LogP contribution in [0.1, 0.15) is 18.1 Å². The van der Waals surface area contributed by atoms with Gasteiger partial charge in [-0.25, -0.2) is 4.39 Å². The molecule has 0 spiro atoms. The maximum atomic E-state index is 14.9. The van der Waals surface area contributed by atoms with Gasteiger partial charge in [0.05, 0.1) is 17.5 Å². The molecule has 1 fully saturated rings. The van der Waals surface area contributed by atoms with Crippen LogP contribution in [-0.2, 0) is 9.48 Å². The predicted molar refractivity (Wildman–Crippen MR) is 99.0 cm³/mol. The number of fused-ring (bicyclic) bond motifs is 1. The number of nitrogens with two attached hydrogens (primary N) is 1. The number of amidine groups is 1. The van der Waals surface area contributed by atoms with Gasteiger partial charge in [0.15, 0.2) is 5.17 Å². The van der Waals surface area contributed by atoms with Crippen molar-refractivity contribution in [1.29, 1.82) is 0 Å². The number of hydrogen-bond donors (Lipinski definition) is 1. The van der Waals surface area contributed by atoms with Crippen LogP contribution in [0.2, 0.25) is 0 Å². The van der Waals surface area contributed by atoms with Gasteiger partial charge in [-0.3, -0.25) is 9.98 Å². The Labute approximate surface area is 150 Å². The number of thioether (sulfide) groups is 1. The SMILES string of the molecule is Cc1cncc(-c2ccc(F)c([C@]34CO[C@H](C)[C@@H]3CN=C(N)S4)c2)c1. The summed E-state index contributed by atoms with van der Waals surface area (Å²) in [5.74, 6) is -0.126. The molecular weight excluding hydrogens is 337 g/mol. The molecule has 1 aromatic carbocycles. The first-order valence-electron chi connectivity index (χ1n) is 8.32. The van der Waals surface area contributed by atoms with E-state index in [4.69, 9.17) is 10.5 Å². The minimum atomic E-state index is -0.525. The van der Waals surface area contributed by atoms with Crippen LogP contribution in [-0.4, -0.2) is 29.4 Å². The van der Waals surface area contributed by atoms with Gasteiger partial charge in [-0.2, -0.15) is 0 Å². The summed E-state index contributed by atoms with van der Waals surface area (Å²) in [5.41, 5.74) is 9.64. The van der Waals surface area contributed by atoms with Gasteiger partial charge in [0.25, 0.3) is 0 Å². The van der Waals surface area contributed by atoms with Crippen LogP contribution in [0, 0.1) is 18.7 Å². The third-order valence-corrected chi connectivity index (χ3v) is 6.43. The maximum absolute atomic E-state index is 14.9. The summed E-state index contributed by atoms with van der Waals surface area (Å²) in [6, 6.07) is 7.30. The first kappa shape index (κ1) is 16.5. The molecule has 4 rings (SSSR count). The molecule has 2 aromatic rings. The highest BCUT2D eigenvalue weighted by Crippen LogP contribution is 2.53. The summed E-state index contributed by atoms with van der Waals surface area (Å²) in [6.07, 6.45) is 3.63. The molecule has 0 saturated carbocycles. The molecule has 1 aromatic heterocycles. The van der Waals surface area contributed by atoms with Gasteiger partial charge in [-0.05, 0) is 43.2 Å². The first-order chi connectivity index (χ1) is 12.0. The van der Waals surface area contributed by atoms with Crippen molar-refractivity contribution in [2.24, 2.45) is 16.6 Å². The average Bonchev–Trinajstić information content (AvgIpc) is 2.92. The summed E-state index contributed by atoms with van der Waals surface area (Å²) in [6.45, 7) is 5.02.